The van der Waals surface area contributed by atoms with Crippen molar-refractivity contribution < 1.29 is 4.42 Å². The van der Waals surface area contributed by atoms with E-state index in [9.17, 15) is 0 Å². The summed E-state index contributed by atoms with van der Waals surface area (Å²) < 4.78 is 8.81. The Kier molecular flexibility index (Phi) is 40.8. The summed E-state index contributed by atoms with van der Waals surface area (Å²) in [4.78, 5) is 19.1. The molecule has 0 atom stereocenters. The quantitative estimate of drug-likeness (QED) is 0.159. The van der Waals surface area contributed by atoms with Gasteiger partial charge in [-0.1, -0.05) is 61.5 Å². The summed E-state index contributed by atoms with van der Waals surface area (Å²) in [6, 6.07) is 7.49. The summed E-state index contributed by atoms with van der Waals surface area (Å²) in [5, 5.41) is 24.4. The third-order valence-corrected chi connectivity index (χ3v) is 5.10. The molecule has 0 saturated heterocycles. The molecule has 1 N–H and O–H groups in total. The zero-order valence-electron chi connectivity index (χ0n) is 31.8. The van der Waals surface area contributed by atoms with Crippen LogP contribution in [0, 0.1) is 55.4 Å². The van der Waals surface area contributed by atoms with Crippen molar-refractivity contribution in [1.29, 1.82) is 0 Å². The molecule has 0 aliphatic rings. The molecule has 0 spiro atoms. The van der Waals surface area contributed by atoms with E-state index in [1.54, 1.807) is 56.0 Å². The first-order valence-electron chi connectivity index (χ1n) is 15.9. The lowest BCUT2D eigenvalue weighted by atomic mass is 10.5. The molecule has 0 bridgehead atoms. The van der Waals surface area contributed by atoms with Crippen molar-refractivity contribution in [2.75, 3.05) is 0 Å². The van der Waals surface area contributed by atoms with Gasteiger partial charge in [-0.3, -0.25) is 10.1 Å². The van der Waals surface area contributed by atoms with Gasteiger partial charge in [-0.15, -0.1) is 31.7 Å². The van der Waals surface area contributed by atoms with E-state index in [1.807, 2.05) is 115 Å². The molecular formula is C33H58N12OS2. The molecule has 0 aromatic carbocycles. The highest BCUT2D eigenvalue weighted by Gasteiger charge is 1.90. The predicted molar refractivity (Wildman–Crippen MR) is 200 cm³/mol. The standard InChI is InChI=1S/C5H5N.C4H7N3.C4H6N2O.2C4H6N2S.C4H4N2.4C2H6/c1-2-4-6-5-3-1;1-3-5-4(2)7-6-3;2*1-3-5-6-4(2)7-3;1-3-5-4(2)7-6-3;1-2-5-4-6-3-1;4*1-2/h1-5H;1-2H3,(H,5,6,7);3*1-2H3;1-4H;4*1-2H3. The van der Waals surface area contributed by atoms with Gasteiger partial charge in [0.15, 0.2) is 0 Å². The Bertz CT molecular complexity index is 1100. The van der Waals surface area contributed by atoms with Gasteiger partial charge in [0.25, 0.3) is 0 Å². The minimum absolute atomic E-state index is 0.623. The fraction of sp³-hybridized carbons (Fsp3) is 0.485. The van der Waals surface area contributed by atoms with Gasteiger partial charge in [0.2, 0.25) is 11.8 Å². The van der Waals surface area contributed by atoms with Crippen LogP contribution in [0.15, 0.2) is 59.8 Å². The molecule has 0 aliphatic heterocycles. The van der Waals surface area contributed by atoms with Gasteiger partial charge in [-0.25, -0.2) is 19.9 Å². The van der Waals surface area contributed by atoms with Gasteiger partial charge < -0.3 is 4.42 Å². The predicted octanol–water partition coefficient (Wildman–Crippen LogP) is 9.08. The van der Waals surface area contributed by atoms with Gasteiger partial charge in [-0.2, -0.15) is 9.47 Å². The van der Waals surface area contributed by atoms with Crippen LogP contribution in [0.1, 0.15) is 99.7 Å². The molecule has 13 nitrogen and oxygen atoms in total. The molecule has 0 aliphatic carbocycles. The molecule has 0 fully saturated rings. The average molecular weight is 703 g/mol. The number of nitrogens with one attached hydrogen (secondary N) is 1. The van der Waals surface area contributed by atoms with Crippen LogP contribution in [-0.2, 0) is 0 Å². The minimum Gasteiger partial charge on any atom is -0.426 e. The van der Waals surface area contributed by atoms with Crippen molar-refractivity contribution in [3.05, 3.63) is 99.7 Å². The summed E-state index contributed by atoms with van der Waals surface area (Å²) in [7, 11) is 0. The maximum atomic E-state index is 4.86. The van der Waals surface area contributed by atoms with E-state index in [0.717, 1.165) is 32.5 Å². The number of aromatic amines is 1. The molecule has 6 aromatic heterocycles. The van der Waals surface area contributed by atoms with Crippen LogP contribution >= 0.6 is 22.9 Å². The third kappa shape index (κ3) is 36.1. The first kappa shape index (κ1) is 50.5. The fourth-order valence-corrected chi connectivity index (χ4v) is 3.28. The lowest BCUT2D eigenvalue weighted by Gasteiger charge is -1.70. The van der Waals surface area contributed by atoms with Crippen LogP contribution in [0.4, 0.5) is 0 Å². The highest BCUT2D eigenvalue weighted by molar-refractivity contribution is 7.11. The Morgan fingerprint density at radius 2 is 1.00 bits per heavy atom. The Balaban J connectivity index is -0.000000232. The zero-order chi connectivity index (χ0) is 37.6. The van der Waals surface area contributed by atoms with E-state index in [4.69, 9.17) is 4.42 Å². The molecule has 6 heterocycles. The van der Waals surface area contributed by atoms with Crippen LogP contribution < -0.4 is 0 Å². The topological polar surface area (TPSA) is 171 Å². The zero-order valence-corrected chi connectivity index (χ0v) is 33.5. The summed E-state index contributed by atoms with van der Waals surface area (Å²) in [6.45, 7) is 31.0. The number of pyridine rings is 1. The Labute approximate surface area is 296 Å². The van der Waals surface area contributed by atoms with Crippen LogP contribution in [0.3, 0.4) is 0 Å². The maximum absolute atomic E-state index is 4.86. The maximum Gasteiger partial charge on any atom is 0.213 e. The van der Waals surface area contributed by atoms with Crippen molar-refractivity contribution in [3.8, 4) is 0 Å². The van der Waals surface area contributed by atoms with E-state index in [1.165, 1.54) is 17.9 Å². The second kappa shape index (κ2) is 38.8. The molecule has 6 aromatic rings. The first-order chi connectivity index (χ1) is 23.2. The van der Waals surface area contributed by atoms with Gasteiger partial charge in [0.05, 0.1) is 0 Å². The van der Waals surface area contributed by atoms with Crippen LogP contribution in [0.5, 0.6) is 0 Å². The van der Waals surface area contributed by atoms with E-state index in [0.29, 0.717) is 11.8 Å². The summed E-state index contributed by atoms with van der Waals surface area (Å²) in [5.74, 6) is 3.80. The monoisotopic (exact) mass is 702 g/mol. The average Bonchev–Trinajstić information content (AvgIpc) is 3.93. The van der Waals surface area contributed by atoms with Crippen molar-refractivity contribution in [2.45, 2.75) is 111 Å². The van der Waals surface area contributed by atoms with E-state index in [-0.39, 0.29) is 0 Å². The summed E-state index contributed by atoms with van der Waals surface area (Å²) in [6.07, 6.45) is 8.38. The fourth-order valence-electron chi connectivity index (χ4n) is 2.21. The lowest BCUT2D eigenvalue weighted by Crippen LogP contribution is -1.70. The third-order valence-electron chi connectivity index (χ3n) is 3.64. The number of aryl methyl sites for hydroxylation is 8. The number of nitrogens with zero attached hydrogens (tertiary/aromatic N) is 11. The molecular weight excluding hydrogens is 645 g/mol. The molecule has 15 heteroatoms. The molecule has 0 radical (unpaired) electrons. The lowest BCUT2D eigenvalue weighted by molar-refractivity contribution is 0.489. The van der Waals surface area contributed by atoms with Gasteiger partial charge in [-0.05, 0) is 71.3 Å². The highest BCUT2D eigenvalue weighted by Crippen LogP contribution is 2.04. The summed E-state index contributed by atoms with van der Waals surface area (Å²) >= 11 is 3.06. The van der Waals surface area contributed by atoms with E-state index < -0.39 is 0 Å². The van der Waals surface area contributed by atoms with Crippen LogP contribution in [0.2, 0.25) is 0 Å². The van der Waals surface area contributed by atoms with Gasteiger partial charge >= 0.3 is 0 Å². The Morgan fingerprint density at radius 1 is 0.521 bits per heavy atom. The second-order valence-corrected chi connectivity index (χ2v) is 9.78. The largest absolute Gasteiger partial charge is 0.426 e. The first-order valence-corrected chi connectivity index (χ1v) is 17.5. The number of aromatic nitrogens is 12. The van der Waals surface area contributed by atoms with Crippen molar-refractivity contribution in [3.63, 3.8) is 0 Å². The molecule has 0 saturated carbocycles. The van der Waals surface area contributed by atoms with Crippen LogP contribution in [-0.4, -0.2) is 59.9 Å². The SMILES string of the molecule is CC.CC.CC.CC.Cc1n[nH]c(C)n1.Cc1nnc(C)o1.Cc1nnc(C)s1.Cc1nsc(C)n1.c1ccncc1.c1cncnc1. The van der Waals surface area contributed by atoms with Crippen molar-refractivity contribution >= 4 is 22.9 Å². The van der Waals surface area contributed by atoms with Crippen molar-refractivity contribution in [1.82, 2.24) is 59.9 Å². The molecule has 0 unspecified atom stereocenters. The van der Waals surface area contributed by atoms with Crippen LogP contribution in [0.25, 0.3) is 0 Å². The smallest absolute Gasteiger partial charge is 0.213 e. The Hall–Kier alpha value is -4.37. The van der Waals surface area contributed by atoms with E-state index >= 15 is 0 Å². The van der Waals surface area contributed by atoms with Crippen molar-refractivity contribution in [2.24, 2.45) is 0 Å². The molecule has 0 amide bonds. The number of hydrogen-bond donors (Lipinski definition) is 1. The highest BCUT2D eigenvalue weighted by atomic mass is 32.1. The molecule has 268 valence electrons. The van der Waals surface area contributed by atoms with Gasteiger partial charge in [0.1, 0.15) is 38.8 Å². The minimum atomic E-state index is 0.623. The number of H-pyrrole nitrogens is 1. The second-order valence-electron chi connectivity index (χ2n) is 7.44. The normalized spacial score (nSPS) is 8.00. The van der Waals surface area contributed by atoms with E-state index in [2.05, 4.69) is 59.9 Å². The number of hydrogen-bond acceptors (Lipinski definition) is 14. The summed E-state index contributed by atoms with van der Waals surface area (Å²) in [5.41, 5.74) is 0. The molecule has 6 rings (SSSR count). The number of rotatable bonds is 0. The Morgan fingerprint density at radius 3 is 1.12 bits per heavy atom. The van der Waals surface area contributed by atoms with Gasteiger partial charge in [0, 0.05) is 38.6 Å². The molecule has 48 heavy (non-hydrogen) atoms.